The lowest BCUT2D eigenvalue weighted by Gasteiger charge is -1.99. The van der Waals surface area contributed by atoms with Crippen molar-refractivity contribution in [3.8, 4) is 10.6 Å². The van der Waals surface area contributed by atoms with Gasteiger partial charge in [-0.25, -0.2) is 14.4 Å². The van der Waals surface area contributed by atoms with Crippen LogP contribution < -0.4 is 0 Å². The van der Waals surface area contributed by atoms with Gasteiger partial charge in [0.05, 0.1) is 5.69 Å². The summed E-state index contributed by atoms with van der Waals surface area (Å²) in [5.41, 5.74) is 1.51. The molecule has 0 aliphatic carbocycles. The maximum absolute atomic E-state index is 13.7. The molecule has 0 aliphatic rings. The predicted octanol–water partition coefficient (Wildman–Crippen LogP) is 3.98. The number of thioether (sulfide) groups is 1. The van der Waals surface area contributed by atoms with Gasteiger partial charge in [-0.2, -0.15) is 0 Å². The van der Waals surface area contributed by atoms with E-state index in [-0.39, 0.29) is 5.82 Å². The molecule has 6 heteroatoms. The van der Waals surface area contributed by atoms with Crippen LogP contribution in [0.25, 0.3) is 10.6 Å². The van der Waals surface area contributed by atoms with Gasteiger partial charge in [0.1, 0.15) is 10.8 Å². The highest BCUT2D eigenvalue weighted by Gasteiger charge is 2.10. The van der Waals surface area contributed by atoms with Gasteiger partial charge < -0.3 is 4.57 Å². The van der Waals surface area contributed by atoms with E-state index < -0.39 is 0 Å². The van der Waals surface area contributed by atoms with Crippen LogP contribution in [-0.2, 0) is 12.8 Å². The van der Waals surface area contributed by atoms with Crippen molar-refractivity contribution in [1.29, 1.82) is 0 Å². The van der Waals surface area contributed by atoms with Crippen LogP contribution in [0.4, 0.5) is 4.39 Å². The second-order valence-corrected chi connectivity index (χ2v) is 6.03. The molecule has 0 radical (unpaired) electrons. The van der Waals surface area contributed by atoms with Crippen LogP contribution in [0.15, 0.2) is 47.2 Å². The van der Waals surface area contributed by atoms with E-state index in [2.05, 4.69) is 9.97 Å². The quantitative estimate of drug-likeness (QED) is 0.683. The first-order valence-corrected chi connectivity index (χ1v) is 7.90. The van der Waals surface area contributed by atoms with E-state index in [1.807, 2.05) is 29.3 Å². The minimum atomic E-state index is -0.231. The van der Waals surface area contributed by atoms with Crippen LogP contribution >= 0.6 is 23.1 Å². The number of nitrogens with zero attached hydrogens (tertiary/aromatic N) is 3. The molecular weight excluding hydrogens is 293 g/mol. The Bertz CT molecular complexity index is 721. The molecule has 3 nitrogen and oxygen atoms in total. The summed E-state index contributed by atoms with van der Waals surface area (Å²) >= 11 is 3.09. The fourth-order valence-corrected chi connectivity index (χ4v) is 3.54. The van der Waals surface area contributed by atoms with Crippen LogP contribution in [0.2, 0.25) is 0 Å². The van der Waals surface area contributed by atoms with E-state index in [4.69, 9.17) is 0 Å². The molecule has 0 saturated heterocycles. The number of rotatable bonds is 4. The Labute approximate surface area is 124 Å². The molecule has 0 aliphatic heterocycles. The third kappa shape index (κ3) is 2.76. The lowest BCUT2D eigenvalue weighted by atomic mass is 10.2. The minimum Gasteiger partial charge on any atom is -0.329 e. The Morgan fingerprint density at radius 3 is 2.95 bits per heavy atom. The number of halogens is 1. The number of hydrogen-bond donors (Lipinski definition) is 0. The first-order valence-electron chi connectivity index (χ1n) is 6.03. The summed E-state index contributed by atoms with van der Waals surface area (Å²) < 4.78 is 15.7. The van der Waals surface area contributed by atoms with Crippen molar-refractivity contribution in [1.82, 2.24) is 14.5 Å². The third-order valence-electron chi connectivity index (χ3n) is 2.78. The molecule has 20 heavy (non-hydrogen) atoms. The van der Waals surface area contributed by atoms with E-state index in [1.54, 1.807) is 30.1 Å². The number of benzene rings is 1. The second kappa shape index (κ2) is 5.76. The average Bonchev–Trinajstić information content (AvgIpc) is 3.06. The maximum Gasteiger partial charge on any atom is 0.168 e. The van der Waals surface area contributed by atoms with Crippen molar-refractivity contribution in [3.63, 3.8) is 0 Å². The van der Waals surface area contributed by atoms with Crippen LogP contribution in [0.5, 0.6) is 0 Å². The summed E-state index contributed by atoms with van der Waals surface area (Å²) in [6.45, 7) is 0. The third-order valence-corrected chi connectivity index (χ3v) is 4.80. The van der Waals surface area contributed by atoms with Gasteiger partial charge in [-0.05, 0) is 12.1 Å². The number of thiazole rings is 1. The Morgan fingerprint density at radius 2 is 2.20 bits per heavy atom. The molecule has 0 saturated carbocycles. The second-order valence-electron chi connectivity index (χ2n) is 4.23. The average molecular weight is 305 g/mol. The predicted molar refractivity (Wildman–Crippen MR) is 80.3 cm³/mol. The van der Waals surface area contributed by atoms with Crippen LogP contribution in [0, 0.1) is 5.82 Å². The molecule has 1 aromatic carbocycles. The number of aryl methyl sites for hydroxylation is 1. The monoisotopic (exact) mass is 305 g/mol. The first kappa shape index (κ1) is 13.3. The molecular formula is C14H12FN3S2. The molecule has 0 bridgehead atoms. The lowest BCUT2D eigenvalue weighted by molar-refractivity contribution is 0.631. The fraction of sp³-hybridized carbons (Fsp3) is 0.143. The van der Waals surface area contributed by atoms with Crippen molar-refractivity contribution in [3.05, 3.63) is 53.6 Å². The van der Waals surface area contributed by atoms with Crippen molar-refractivity contribution >= 4 is 23.1 Å². The zero-order valence-electron chi connectivity index (χ0n) is 10.8. The zero-order valence-corrected chi connectivity index (χ0v) is 12.4. The molecule has 2 heterocycles. The van der Waals surface area contributed by atoms with Gasteiger partial charge in [0.25, 0.3) is 0 Å². The van der Waals surface area contributed by atoms with Gasteiger partial charge >= 0.3 is 0 Å². The molecule has 0 N–H and O–H groups in total. The summed E-state index contributed by atoms with van der Waals surface area (Å²) in [4.78, 5) is 8.74. The lowest BCUT2D eigenvalue weighted by Crippen LogP contribution is -1.90. The molecule has 3 rings (SSSR count). The molecule has 0 fully saturated rings. The number of aromatic nitrogens is 3. The zero-order chi connectivity index (χ0) is 13.9. The summed E-state index contributed by atoms with van der Waals surface area (Å²) in [5.74, 6) is 0.501. The summed E-state index contributed by atoms with van der Waals surface area (Å²) in [7, 11) is 1.96. The number of imidazole rings is 1. The van der Waals surface area contributed by atoms with Crippen molar-refractivity contribution in [2.75, 3.05) is 0 Å². The van der Waals surface area contributed by atoms with E-state index in [1.165, 1.54) is 17.4 Å². The standard InChI is InChI=1S/C14H12FN3S2/c1-18-7-6-16-14(18)20-9-10-8-19-13(17-10)11-4-2-3-5-12(11)15/h2-8H,9H2,1H3. The fourth-order valence-electron chi connectivity index (χ4n) is 1.76. The SMILES string of the molecule is Cn1ccnc1SCc1csc(-c2ccccc2F)n1. The van der Waals surface area contributed by atoms with Gasteiger partial charge in [-0.15, -0.1) is 11.3 Å². The Kier molecular flexibility index (Phi) is 3.84. The van der Waals surface area contributed by atoms with Gasteiger partial charge in [-0.3, -0.25) is 0 Å². The molecule has 0 spiro atoms. The summed E-state index contributed by atoms with van der Waals surface area (Å²) in [6, 6.07) is 6.72. The highest BCUT2D eigenvalue weighted by Crippen LogP contribution is 2.28. The molecule has 0 unspecified atom stereocenters. The summed E-state index contributed by atoms with van der Waals surface area (Å²) in [5, 5.41) is 3.64. The number of hydrogen-bond acceptors (Lipinski definition) is 4. The van der Waals surface area contributed by atoms with E-state index >= 15 is 0 Å². The van der Waals surface area contributed by atoms with E-state index in [0.29, 0.717) is 5.56 Å². The van der Waals surface area contributed by atoms with Crippen LogP contribution in [-0.4, -0.2) is 14.5 Å². The maximum atomic E-state index is 13.7. The summed E-state index contributed by atoms with van der Waals surface area (Å²) in [6.07, 6.45) is 3.68. The van der Waals surface area contributed by atoms with Gasteiger partial charge in [-0.1, -0.05) is 23.9 Å². The van der Waals surface area contributed by atoms with Crippen molar-refractivity contribution < 1.29 is 4.39 Å². The van der Waals surface area contributed by atoms with E-state index in [9.17, 15) is 4.39 Å². The van der Waals surface area contributed by atoms with Crippen molar-refractivity contribution in [2.45, 2.75) is 10.9 Å². The van der Waals surface area contributed by atoms with Crippen LogP contribution in [0.1, 0.15) is 5.69 Å². The molecule has 102 valence electrons. The Hall–Kier alpha value is -1.66. The minimum absolute atomic E-state index is 0.231. The van der Waals surface area contributed by atoms with Gasteiger partial charge in [0.15, 0.2) is 5.16 Å². The molecule has 0 amide bonds. The van der Waals surface area contributed by atoms with E-state index in [0.717, 1.165) is 21.6 Å². The Morgan fingerprint density at radius 1 is 1.35 bits per heavy atom. The topological polar surface area (TPSA) is 30.7 Å². The van der Waals surface area contributed by atoms with Crippen molar-refractivity contribution in [2.24, 2.45) is 7.05 Å². The largest absolute Gasteiger partial charge is 0.329 e. The molecule has 0 atom stereocenters. The smallest absolute Gasteiger partial charge is 0.168 e. The molecule has 3 aromatic rings. The van der Waals surface area contributed by atoms with Crippen LogP contribution in [0.3, 0.4) is 0 Å². The van der Waals surface area contributed by atoms with Gasteiger partial charge in [0.2, 0.25) is 0 Å². The van der Waals surface area contributed by atoms with Gasteiger partial charge in [0, 0.05) is 36.1 Å². The highest BCUT2D eigenvalue weighted by molar-refractivity contribution is 7.98. The molecule has 2 aromatic heterocycles. The normalized spacial score (nSPS) is 10.9. The Balaban J connectivity index is 1.74. The highest BCUT2D eigenvalue weighted by atomic mass is 32.2. The first-order chi connectivity index (χ1) is 9.74.